The zero-order valence-electron chi connectivity index (χ0n) is 11.1. The van der Waals surface area contributed by atoms with Crippen LogP contribution in [0.3, 0.4) is 0 Å². The van der Waals surface area contributed by atoms with Crippen LogP contribution in [0.2, 0.25) is 0 Å². The molecule has 0 spiro atoms. The Hall–Kier alpha value is -1.51. The average Bonchev–Trinajstić information content (AvgIpc) is 2.77. The van der Waals surface area contributed by atoms with E-state index >= 15 is 0 Å². The van der Waals surface area contributed by atoms with Crippen molar-refractivity contribution in [3.05, 3.63) is 29.8 Å². The smallest absolute Gasteiger partial charge is 0.166 e. The standard InChI is InChI=1S/C12H15NO2.C2H6/c1-9-5-3-4-6-12(9)14-8-11-7-10(2)13-15-11;1-2/h3-6,11H,7-8H2,1-2H3;1-2H3/t11-;/m0./s1. The molecule has 1 heterocycles. The molecule has 94 valence electrons. The fourth-order valence-corrected chi connectivity index (χ4v) is 1.56. The molecule has 0 saturated heterocycles. The van der Waals surface area contributed by atoms with Gasteiger partial charge in [-0.25, -0.2) is 0 Å². The average molecular weight is 235 g/mol. The van der Waals surface area contributed by atoms with E-state index in [1.807, 2.05) is 52.0 Å². The van der Waals surface area contributed by atoms with Crippen LogP contribution in [0.15, 0.2) is 29.4 Å². The topological polar surface area (TPSA) is 30.8 Å². The summed E-state index contributed by atoms with van der Waals surface area (Å²) in [4.78, 5) is 5.19. The number of rotatable bonds is 3. The number of para-hydroxylation sites is 1. The van der Waals surface area contributed by atoms with Crippen LogP contribution in [0, 0.1) is 6.92 Å². The van der Waals surface area contributed by atoms with Gasteiger partial charge in [-0.05, 0) is 25.5 Å². The predicted molar refractivity (Wildman–Crippen MR) is 70.6 cm³/mol. The van der Waals surface area contributed by atoms with Crippen molar-refractivity contribution < 1.29 is 9.57 Å². The van der Waals surface area contributed by atoms with Crippen molar-refractivity contribution in [2.45, 2.75) is 40.2 Å². The molecule has 1 aromatic rings. The van der Waals surface area contributed by atoms with Gasteiger partial charge in [-0.15, -0.1) is 0 Å². The molecular formula is C14H21NO2. The molecule has 0 radical (unpaired) electrons. The van der Waals surface area contributed by atoms with Crippen molar-refractivity contribution in [1.29, 1.82) is 0 Å². The molecule has 0 fully saturated rings. The second-order valence-electron chi connectivity index (χ2n) is 3.83. The quantitative estimate of drug-likeness (QED) is 0.802. The van der Waals surface area contributed by atoms with Gasteiger partial charge in [-0.1, -0.05) is 37.2 Å². The lowest BCUT2D eigenvalue weighted by molar-refractivity contribution is 0.0469. The van der Waals surface area contributed by atoms with Crippen molar-refractivity contribution in [2.24, 2.45) is 5.16 Å². The van der Waals surface area contributed by atoms with Gasteiger partial charge >= 0.3 is 0 Å². The Labute approximate surface area is 103 Å². The molecule has 0 unspecified atom stereocenters. The maximum absolute atomic E-state index is 5.67. The first-order chi connectivity index (χ1) is 8.25. The highest BCUT2D eigenvalue weighted by atomic mass is 16.7. The fraction of sp³-hybridized carbons (Fsp3) is 0.500. The van der Waals surface area contributed by atoms with Crippen molar-refractivity contribution in [1.82, 2.24) is 0 Å². The molecule has 0 N–H and O–H groups in total. The maximum atomic E-state index is 5.67. The number of hydrogen-bond donors (Lipinski definition) is 0. The van der Waals surface area contributed by atoms with E-state index in [4.69, 9.17) is 9.57 Å². The predicted octanol–water partition coefficient (Wildman–Crippen LogP) is 3.56. The van der Waals surface area contributed by atoms with Crippen LogP contribution >= 0.6 is 0 Å². The Morgan fingerprint density at radius 3 is 2.59 bits per heavy atom. The molecule has 0 saturated carbocycles. The second kappa shape index (κ2) is 6.94. The molecule has 1 aromatic carbocycles. The summed E-state index contributed by atoms with van der Waals surface area (Å²) >= 11 is 0. The highest BCUT2D eigenvalue weighted by Crippen LogP contribution is 2.18. The van der Waals surface area contributed by atoms with Crippen molar-refractivity contribution in [3.63, 3.8) is 0 Å². The largest absolute Gasteiger partial charge is 0.489 e. The summed E-state index contributed by atoms with van der Waals surface area (Å²) in [7, 11) is 0. The molecule has 3 heteroatoms. The van der Waals surface area contributed by atoms with Gasteiger partial charge < -0.3 is 9.57 Å². The Morgan fingerprint density at radius 1 is 1.29 bits per heavy atom. The zero-order chi connectivity index (χ0) is 12.7. The van der Waals surface area contributed by atoms with E-state index < -0.39 is 0 Å². The first-order valence-electron chi connectivity index (χ1n) is 6.13. The van der Waals surface area contributed by atoms with E-state index in [0.717, 1.165) is 23.4 Å². The molecule has 17 heavy (non-hydrogen) atoms. The molecule has 1 atom stereocenters. The third kappa shape index (κ3) is 4.10. The van der Waals surface area contributed by atoms with E-state index in [9.17, 15) is 0 Å². The molecule has 1 aliphatic rings. The number of hydrogen-bond acceptors (Lipinski definition) is 3. The molecular weight excluding hydrogens is 214 g/mol. The van der Waals surface area contributed by atoms with Crippen LogP contribution in [-0.2, 0) is 4.84 Å². The third-order valence-corrected chi connectivity index (χ3v) is 2.40. The normalized spacial score (nSPS) is 17.6. The minimum Gasteiger partial charge on any atom is -0.489 e. The van der Waals surface area contributed by atoms with Crippen LogP contribution in [-0.4, -0.2) is 18.4 Å². The number of aryl methyl sites for hydroxylation is 1. The Balaban J connectivity index is 0.000000686. The van der Waals surface area contributed by atoms with Crippen LogP contribution < -0.4 is 4.74 Å². The lowest BCUT2D eigenvalue weighted by Crippen LogP contribution is -2.17. The lowest BCUT2D eigenvalue weighted by Gasteiger charge is -2.11. The molecule has 0 bridgehead atoms. The summed E-state index contributed by atoms with van der Waals surface area (Å²) in [5, 5.41) is 3.89. The highest BCUT2D eigenvalue weighted by molar-refractivity contribution is 5.82. The van der Waals surface area contributed by atoms with Crippen LogP contribution in [0.1, 0.15) is 32.8 Å². The minimum absolute atomic E-state index is 0.0737. The monoisotopic (exact) mass is 235 g/mol. The summed E-state index contributed by atoms with van der Waals surface area (Å²) < 4.78 is 5.67. The van der Waals surface area contributed by atoms with E-state index in [2.05, 4.69) is 5.16 Å². The first kappa shape index (κ1) is 13.6. The third-order valence-electron chi connectivity index (χ3n) is 2.40. The van der Waals surface area contributed by atoms with E-state index in [-0.39, 0.29) is 6.10 Å². The Morgan fingerprint density at radius 2 is 2.00 bits per heavy atom. The molecule has 0 amide bonds. The van der Waals surface area contributed by atoms with Crippen LogP contribution in [0.25, 0.3) is 0 Å². The summed E-state index contributed by atoms with van der Waals surface area (Å²) in [6.07, 6.45) is 0.941. The van der Waals surface area contributed by atoms with Gasteiger partial charge in [0.15, 0.2) is 6.10 Å². The molecule has 1 aliphatic heterocycles. The molecule has 0 aliphatic carbocycles. The van der Waals surface area contributed by atoms with Gasteiger partial charge in [-0.2, -0.15) is 0 Å². The van der Waals surface area contributed by atoms with Crippen LogP contribution in [0.5, 0.6) is 5.75 Å². The highest BCUT2D eigenvalue weighted by Gasteiger charge is 2.18. The van der Waals surface area contributed by atoms with Gasteiger partial charge in [0.05, 0.1) is 5.71 Å². The van der Waals surface area contributed by atoms with E-state index in [1.54, 1.807) is 0 Å². The van der Waals surface area contributed by atoms with Gasteiger partial charge in [0.25, 0.3) is 0 Å². The molecule has 2 rings (SSSR count). The number of benzene rings is 1. The first-order valence-corrected chi connectivity index (χ1v) is 6.13. The molecule has 3 nitrogen and oxygen atoms in total. The summed E-state index contributed by atoms with van der Waals surface area (Å²) in [5.74, 6) is 0.922. The zero-order valence-corrected chi connectivity index (χ0v) is 11.1. The van der Waals surface area contributed by atoms with Crippen LogP contribution in [0.4, 0.5) is 0 Å². The Kier molecular flexibility index (Phi) is 5.53. The van der Waals surface area contributed by atoms with Crippen molar-refractivity contribution in [2.75, 3.05) is 6.61 Å². The fourth-order valence-electron chi connectivity index (χ4n) is 1.56. The van der Waals surface area contributed by atoms with Gasteiger partial charge in [-0.3, -0.25) is 0 Å². The van der Waals surface area contributed by atoms with E-state index in [0.29, 0.717) is 6.61 Å². The molecule has 0 aromatic heterocycles. The lowest BCUT2D eigenvalue weighted by atomic mass is 10.2. The van der Waals surface area contributed by atoms with E-state index in [1.165, 1.54) is 0 Å². The van der Waals surface area contributed by atoms with Gasteiger partial charge in [0.2, 0.25) is 0 Å². The summed E-state index contributed by atoms with van der Waals surface area (Å²) in [5.41, 5.74) is 2.18. The number of nitrogens with zero attached hydrogens (tertiary/aromatic N) is 1. The van der Waals surface area contributed by atoms with Gasteiger partial charge in [0.1, 0.15) is 12.4 Å². The maximum Gasteiger partial charge on any atom is 0.166 e. The SMILES string of the molecule is CC.CC1=NO[C@H](COc2ccccc2C)C1. The van der Waals surface area contributed by atoms with Crippen molar-refractivity contribution in [3.8, 4) is 5.75 Å². The van der Waals surface area contributed by atoms with Gasteiger partial charge in [0, 0.05) is 6.42 Å². The summed E-state index contributed by atoms with van der Waals surface area (Å²) in [6.45, 7) is 8.56. The minimum atomic E-state index is 0.0737. The number of oxime groups is 1. The summed E-state index contributed by atoms with van der Waals surface area (Å²) in [6, 6.07) is 7.98. The second-order valence-corrected chi connectivity index (χ2v) is 3.83. The number of ether oxygens (including phenoxy) is 1. The Bertz CT molecular complexity index is 374. The van der Waals surface area contributed by atoms with Crippen molar-refractivity contribution >= 4 is 5.71 Å².